The minimum Gasteiger partial charge on any atom is -0.444 e. The van der Waals surface area contributed by atoms with E-state index < -0.39 is 41.8 Å². The Hall–Kier alpha value is -5.39. The number of alkyl carbamates (subject to hydrolysis) is 1. The fraction of sp³-hybridized carbons (Fsp3) is 0.357. The van der Waals surface area contributed by atoms with Gasteiger partial charge in [0.25, 0.3) is 5.91 Å². The SMILES string of the molecule is CO[C@@H]1[C@H](N(C)C(=O)[C@H](Cc2ccccc2)NC(=O)OC(C)(C)C)C[C@H]2O[C@]1(C)n1c3ccccc3c3c4c(c5c6ccccc6n2c5c31)C(=O)NC4. The van der Waals surface area contributed by atoms with Crippen LogP contribution >= 0.6 is 0 Å². The Morgan fingerprint density at radius 1 is 0.981 bits per heavy atom. The molecule has 3 amide bonds. The molecule has 5 atom stereocenters. The van der Waals surface area contributed by atoms with Gasteiger partial charge in [0.2, 0.25) is 5.91 Å². The summed E-state index contributed by atoms with van der Waals surface area (Å²) in [7, 11) is 3.45. The van der Waals surface area contributed by atoms with Gasteiger partial charge in [0.05, 0.1) is 33.7 Å². The molecule has 4 aromatic carbocycles. The van der Waals surface area contributed by atoms with E-state index in [0.717, 1.165) is 54.7 Å². The molecule has 272 valence electrons. The molecule has 2 bridgehead atoms. The summed E-state index contributed by atoms with van der Waals surface area (Å²) in [4.78, 5) is 43.4. The number of para-hydroxylation sites is 2. The van der Waals surface area contributed by atoms with Crippen LogP contribution in [-0.2, 0) is 37.7 Å². The second-order valence-corrected chi connectivity index (χ2v) is 15.6. The van der Waals surface area contributed by atoms with Crippen molar-refractivity contribution in [1.82, 2.24) is 24.7 Å². The third kappa shape index (κ3) is 4.90. The van der Waals surface area contributed by atoms with Crippen molar-refractivity contribution in [3.8, 4) is 0 Å². The summed E-state index contributed by atoms with van der Waals surface area (Å²) >= 11 is 0. The molecule has 11 nitrogen and oxygen atoms in total. The minimum absolute atomic E-state index is 0.0825. The quantitative estimate of drug-likeness (QED) is 0.198. The Labute approximate surface area is 306 Å². The van der Waals surface area contributed by atoms with Crippen molar-refractivity contribution >= 4 is 61.5 Å². The number of hydrogen-bond acceptors (Lipinski definition) is 6. The maximum absolute atomic E-state index is 14.8. The van der Waals surface area contributed by atoms with Crippen molar-refractivity contribution in [3.05, 3.63) is 95.6 Å². The number of ether oxygens (including phenoxy) is 3. The van der Waals surface area contributed by atoms with Gasteiger partial charge < -0.3 is 38.9 Å². The first-order valence-electron chi connectivity index (χ1n) is 18.2. The van der Waals surface area contributed by atoms with Crippen LogP contribution in [0.2, 0.25) is 0 Å². The number of fused-ring (bicyclic) bond motifs is 13. The molecule has 3 aliphatic rings. The van der Waals surface area contributed by atoms with Gasteiger partial charge in [0, 0.05) is 55.1 Å². The number of likely N-dealkylation sites (N-methyl/N-ethyl adjacent to an activating group) is 1. The van der Waals surface area contributed by atoms with E-state index in [0.29, 0.717) is 18.5 Å². The van der Waals surface area contributed by atoms with Crippen LogP contribution in [0.25, 0.3) is 43.6 Å². The molecule has 9 rings (SSSR count). The molecular weight excluding hydrogens is 670 g/mol. The van der Waals surface area contributed by atoms with Crippen LogP contribution in [-0.4, -0.2) is 69.9 Å². The van der Waals surface area contributed by atoms with E-state index in [1.165, 1.54) is 0 Å². The Kier molecular flexibility index (Phi) is 7.45. The molecule has 11 heteroatoms. The molecule has 5 heterocycles. The first-order chi connectivity index (χ1) is 25.4. The Morgan fingerprint density at radius 3 is 2.34 bits per heavy atom. The largest absolute Gasteiger partial charge is 0.444 e. The molecule has 3 aliphatic heterocycles. The summed E-state index contributed by atoms with van der Waals surface area (Å²) in [6, 6.07) is 24.6. The van der Waals surface area contributed by atoms with Gasteiger partial charge in [-0.2, -0.15) is 0 Å². The molecule has 1 saturated heterocycles. The molecule has 2 N–H and O–H groups in total. The van der Waals surface area contributed by atoms with Gasteiger partial charge >= 0.3 is 6.09 Å². The maximum atomic E-state index is 14.8. The first-order valence-corrected chi connectivity index (χ1v) is 18.2. The smallest absolute Gasteiger partial charge is 0.408 e. The lowest BCUT2D eigenvalue weighted by molar-refractivity contribution is -0.266. The molecule has 53 heavy (non-hydrogen) atoms. The fourth-order valence-electron chi connectivity index (χ4n) is 9.30. The van der Waals surface area contributed by atoms with E-state index in [9.17, 15) is 14.4 Å². The molecule has 0 spiro atoms. The molecule has 0 unspecified atom stereocenters. The Bertz CT molecular complexity index is 2500. The van der Waals surface area contributed by atoms with Crippen LogP contribution in [0.3, 0.4) is 0 Å². The highest BCUT2D eigenvalue weighted by Crippen LogP contribution is 2.54. The van der Waals surface area contributed by atoms with E-state index in [1.807, 2.05) is 61.5 Å². The number of nitrogens with zero attached hydrogens (tertiary/aromatic N) is 3. The van der Waals surface area contributed by atoms with Crippen molar-refractivity contribution in [3.63, 3.8) is 0 Å². The van der Waals surface area contributed by atoms with Gasteiger partial charge in [-0.25, -0.2) is 4.79 Å². The summed E-state index contributed by atoms with van der Waals surface area (Å²) in [6.07, 6.45) is -1.17. The zero-order valence-corrected chi connectivity index (χ0v) is 30.7. The third-order valence-electron chi connectivity index (χ3n) is 11.3. The van der Waals surface area contributed by atoms with Gasteiger partial charge in [0.1, 0.15) is 24.0 Å². The van der Waals surface area contributed by atoms with Crippen LogP contribution in [0, 0.1) is 0 Å². The van der Waals surface area contributed by atoms with Gasteiger partial charge in [-0.05, 0) is 51.0 Å². The van der Waals surface area contributed by atoms with Gasteiger partial charge in [-0.15, -0.1) is 0 Å². The number of carbonyl (C=O) groups excluding carboxylic acids is 3. The monoisotopic (exact) mass is 713 g/mol. The van der Waals surface area contributed by atoms with Crippen molar-refractivity contribution in [2.75, 3.05) is 14.2 Å². The molecule has 0 aliphatic carbocycles. The first kappa shape index (κ1) is 33.4. The van der Waals surface area contributed by atoms with Crippen molar-refractivity contribution in [1.29, 1.82) is 0 Å². The summed E-state index contributed by atoms with van der Waals surface area (Å²) in [5.41, 5.74) is 4.53. The molecule has 2 aromatic heterocycles. The van der Waals surface area contributed by atoms with Crippen molar-refractivity contribution in [2.45, 2.75) is 82.8 Å². The van der Waals surface area contributed by atoms with E-state index in [-0.39, 0.29) is 18.2 Å². The summed E-state index contributed by atoms with van der Waals surface area (Å²) in [6.45, 7) is 7.86. The number of benzene rings is 4. The third-order valence-corrected chi connectivity index (χ3v) is 11.3. The Balaban J connectivity index is 1.24. The predicted octanol–water partition coefficient (Wildman–Crippen LogP) is 6.73. The van der Waals surface area contributed by atoms with E-state index >= 15 is 0 Å². The van der Waals surface area contributed by atoms with Gasteiger partial charge in [-0.1, -0.05) is 66.7 Å². The second-order valence-electron chi connectivity index (χ2n) is 15.6. The number of hydrogen-bond donors (Lipinski definition) is 2. The van der Waals surface area contributed by atoms with Gasteiger partial charge in [0.15, 0.2) is 5.72 Å². The van der Waals surface area contributed by atoms with Crippen LogP contribution in [0.1, 0.15) is 61.8 Å². The highest BCUT2D eigenvalue weighted by atomic mass is 16.6. The molecule has 6 aromatic rings. The van der Waals surface area contributed by atoms with Crippen molar-refractivity contribution in [2.24, 2.45) is 0 Å². The predicted molar refractivity (Wildman–Crippen MR) is 203 cm³/mol. The zero-order valence-electron chi connectivity index (χ0n) is 30.7. The van der Waals surface area contributed by atoms with E-state index in [2.05, 4.69) is 44.0 Å². The molecule has 0 radical (unpaired) electrons. The number of carbonyl (C=O) groups is 3. The van der Waals surface area contributed by atoms with E-state index in [4.69, 9.17) is 14.2 Å². The molecular formula is C42H43N5O6. The zero-order chi connectivity index (χ0) is 37.0. The number of amides is 3. The number of rotatable bonds is 6. The average Bonchev–Trinajstić information content (AvgIpc) is 3.78. The number of nitrogens with one attached hydrogen (secondary N) is 2. The second kappa shape index (κ2) is 11.8. The van der Waals surface area contributed by atoms with Crippen LogP contribution in [0.5, 0.6) is 0 Å². The van der Waals surface area contributed by atoms with Gasteiger partial charge in [-0.3, -0.25) is 9.59 Å². The lowest BCUT2D eigenvalue weighted by Crippen LogP contribution is -2.63. The van der Waals surface area contributed by atoms with E-state index in [1.54, 1.807) is 39.8 Å². The van der Waals surface area contributed by atoms with Crippen molar-refractivity contribution < 1.29 is 28.6 Å². The Morgan fingerprint density at radius 2 is 1.64 bits per heavy atom. The normalized spacial score (nSPS) is 22.6. The topological polar surface area (TPSA) is 116 Å². The lowest BCUT2D eigenvalue weighted by atomic mass is 9.91. The standard InChI is InChI=1S/C42H43N5O6/c1-41(2,3)53-40(50)44-27(20-23-14-8-7-9-15-23)39(49)45(5)30-21-31-46-28-18-12-10-16-24(28)33-34-26(22-43-38(34)48)32-25-17-11-13-19-29(25)47(36(32)35(33)46)42(4,52-31)37(30)51-6/h7-19,27,30-31,37H,20-22H2,1-6H3,(H,43,48)(H,44,50)/t27-,30+,31+,37+,42-/m0/s1. The summed E-state index contributed by atoms with van der Waals surface area (Å²) in [5.74, 6) is -0.354. The number of aromatic nitrogens is 2. The summed E-state index contributed by atoms with van der Waals surface area (Å²) < 4.78 is 23.9. The molecule has 1 fully saturated rings. The average molecular weight is 714 g/mol. The lowest BCUT2D eigenvalue weighted by Gasteiger charge is -2.51. The highest BCUT2D eigenvalue weighted by Gasteiger charge is 2.55. The highest BCUT2D eigenvalue weighted by molar-refractivity contribution is 6.31. The van der Waals surface area contributed by atoms with Crippen LogP contribution < -0.4 is 10.6 Å². The van der Waals surface area contributed by atoms with Crippen LogP contribution in [0.15, 0.2) is 78.9 Å². The van der Waals surface area contributed by atoms with Crippen LogP contribution in [0.4, 0.5) is 4.79 Å². The maximum Gasteiger partial charge on any atom is 0.408 e. The number of methoxy groups -OCH3 is 1. The summed E-state index contributed by atoms with van der Waals surface area (Å²) in [5, 5.41) is 9.93. The molecule has 0 saturated carbocycles. The fourth-order valence-corrected chi connectivity index (χ4v) is 9.30. The minimum atomic E-state index is -1.11.